The molecule has 0 aromatic heterocycles. The number of hydrogen-bond acceptors (Lipinski definition) is 6. The van der Waals surface area contributed by atoms with Gasteiger partial charge in [0, 0.05) is 61.7 Å². The Bertz CT molecular complexity index is 1370. The first-order valence-corrected chi connectivity index (χ1v) is 13.4. The van der Waals surface area contributed by atoms with Crippen molar-refractivity contribution in [1.29, 1.82) is 0 Å². The number of aliphatic hydroxyl groups is 1. The Morgan fingerprint density at radius 1 is 1.00 bits per heavy atom. The van der Waals surface area contributed by atoms with Crippen LogP contribution in [0.3, 0.4) is 0 Å². The zero-order valence-electron chi connectivity index (χ0n) is 21.9. The minimum absolute atomic E-state index is 0.0244. The Morgan fingerprint density at radius 2 is 1.69 bits per heavy atom. The van der Waals surface area contributed by atoms with Gasteiger partial charge < -0.3 is 20.6 Å². The largest absolute Gasteiger partial charge is 0.395 e. The zero-order valence-corrected chi connectivity index (χ0v) is 22.6. The van der Waals surface area contributed by atoms with E-state index in [-0.39, 0.29) is 18.4 Å². The minimum Gasteiger partial charge on any atom is -0.395 e. The number of benzene rings is 3. The van der Waals surface area contributed by atoms with E-state index in [1.807, 2.05) is 60.7 Å². The van der Waals surface area contributed by atoms with E-state index in [9.17, 15) is 9.59 Å². The Balaban J connectivity index is 1.33. The van der Waals surface area contributed by atoms with Crippen molar-refractivity contribution >= 4 is 51.7 Å². The first kappa shape index (κ1) is 26.9. The average Bonchev–Trinajstić information content (AvgIpc) is 3.27. The standard InChI is InChI=1S/C30H32ClN5O3/c1-34(27(38)20-36-15-13-35(14-16-36)17-18-37)24-10-8-23(9-11-24)32-29(21-5-3-2-4-6-21)28-25-12-7-22(31)19-26(25)33-30(28)39/h2-12,19,32,37H,13-18,20H2,1H3,(H,33,39)/b29-28-. The molecule has 3 aromatic rings. The summed E-state index contributed by atoms with van der Waals surface area (Å²) in [6.07, 6.45) is 0. The third kappa shape index (κ3) is 6.15. The number of anilines is 3. The van der Waals surface area contributed by atoms with E-state index in [0.29, 0.717) is 35.1 Å². The molecule has 9 heteroatoms. The summed E-state index contributed by atoms with van der Waals surface area (Å²) in [5, 5.41) is 16.1. The van der Waals surface area contributed by atoms with Crippen LogP contribution in [0.15, 0.2) is 72.8 Å². The topological polar surface area (TPSA) is 88.2 Å². The molecule has 0 radical (unpaired) electrons. The molecule has 2 aliphatic rings. The normalized spacial score (nSPS) is 16.9. The second-order valence-corrected chi connectivity index (χ2v) is 10.2. The molecule has 0 spiro atoms. The lowest BCUT2D eigenvalue weighted by molar-refractivity contribution is -0.120. The van der Waals surface area contributed by atoms with Gasteiger partial charge in [-0.25, -0.2) is 0 Å². The molecule has 2 amide bonds. The van der Waals surface area contributed by atoms with E-state index in [0.717, 1.165) is 48.7 Å². The van der Waals surface area contributed by atoms with Crippen molar-refractivity contribution in [3.05, 3.63) is 88.9 Å². The van der Waals surface area contributed by atoms with E-state index < -0.39 is 0 Å². The number of hydrogen-bond donors (Lipinski definition) is 3. The number of carbonyl (C=O) groups excluding carboxylic acids is 2. The van der Waals surface area contributed by atoms with Gasteiger partial charge in [-0.3, -0.25) is 19.4 Å². The monoisotopic (exact) mass is 545 g/mol. The maximum absolute atomic E-state index is 13.1. The molecule has 0 atom stereocenters. The van der Waals surface area contributed by atoms with Gasteiger partial charge in [0.15, 0.2) is 0 Å². The summed E-state index contributed by atoms with van der Waals surface area (Å²) < 4.78 is 0. The second kappa shape index (κ2) is 12.0. The van der Waals surface area contributed by atoms with Crippen LogP contribution in [0, 0.1) is 0 Å². The highest BCUT2D eigenvalue weighted by molar-refractivity contribution is 6.38. The Morgan fingerprint density at radius 3 is 2.38 bits per heavy atom. The fourth-order valence-corrected chi connectivity index (χ4v) is 5.12. The summed E-state index contributed by atoms with van der Waals surface area (Å²) in [7, 11) is 1.79. The Labute approximate surface area is 233 Å². The Kier molecular flexibility index (Phi) is 8.28. The lowest BCUT2D eigenvalue weighted by atomic mass is 10.00. The predicted octanol–water partition coefficient (Wildman–Crippen LogP) is 3.85. The van der Waals surface area contributed by atoms with Crippen LogP contribution >= 0.6 is 11.6 Å². The molecular weight excluding hydrogens is 514 g/mol. The second-order valence-electron chi connectivity index (χ2n) is 9.73. The molecular formula is C30H32ClN5O3. The third-order valence-corrected chi connectivity index (χ3v) is 7.41. The van der Waals surface area contributed by atoms with Crippen molar-refractivity contribution in [1.82, 2.24) is 9.80 Å². The fourth-order valence-electron chi connectivity index (χ4n) is 4.94. The molecule has 1 fully saturated rings. The first-order valence-electron chi connectivity index (χ1n) is 13.0. The molecule has 5 rings (SSSR count). The molecule has 202 valence electrons. The van der Waals surface area contributed by atoms with Gasteiger partial charge in [0.1, 0.15) is 0 Å². The molecule has 2 aliphatic heterocycles. The van der Waals surface area contributed by atoms with Crippen molar-refractivity contribution in [3.63, 3.8) is 0 Å². The molecule has 8 nitrogen and oxygen atoms in total. The summed E-state index contributed by atoms with van der Waals surface area (Å²) >= 11 is 6.16. The summed E-state index contributed by atoms with van der Waals surface area (Å²) in [6.45, 7) is 4.51. The number of β-amino-alcohol motifs (C(OH)–C–C–N with tert-alkyl or cyclic N) is 1. The number of fused-ring (bicyclic) bond motifs is 1. The quantitative estimate of drug-likeness (QED) is 0.373. The van der Waals surface area contributed by atoms with Crippen molar-refractivity contribution in [3.8, 4) is 0 Å². The van der Waals surface area contributed by atoms with Crippen LogP contribution in [0.2, 0.25) is 5.02 Å². The maximum atomic E-state index is 13.1. The van der Waals surface area contributed by atoms with Gasteiger partial charge in [0.2, 0.25) is 5.91 Å². The number of aliphatic hydroxyl groups excluding tert-OH is 1. The molecule has 0 saturated carbocycles. The van der Waals surface area contributed by atoms with Gasteiger partial charge in [-0.2, -0.15) is 0 Å². The number of carbonyl (C=O) groups is 2. The van der Waals surface area contributed by atoms with Gasteiger partial charge in [-0.15, -0.1) is 0 Å². The van der Waals surface area contributed by atoms with Crippen molar-refractivity contribution < 1.29 is 14.7 Å². The highest BCUT2D eigenvalue weighted by atomic mass is 35.5. The molecule has 0 aliphatic carbocycles. The highest BCUT2D eigenvalue weighted by Gasteiger charge is 2.28. The van der Waals surface area contributed by atoms with Crippen molar-refractivity contribution in [2.45, 2.75) is 0 Å². The summed E-state index contributed by atoms with van der Waals surface area (Å²) in [6, 6.07) is 22.7. The van der Waals surface area contributed by atoms with Gasteiger partial charge in [0.05, 0.1) is 30.1 Å². The minimum atomic E-state index is -0.197. The summed E-state index contributed by atoms with van der Waals surface area (Å²) in [5.41, 5.74) is 5.16. The van der Waals surface area contributed by atoms with E-state index in [1.165, 1.54) is 0 Å². The van der Waals surface area contributed by atoms with Crippen LogP contribution < -0.4 is 15.5 Å². The molecule has 3 N–H and O–H groups in total. The number of nitrogens with one attached hydrogen (secondary N) is 2. The highest BCUT2D eigenvalue weighted by Crippen LogP contribution is 2.38. The van der Waals surface area contributed by atoms with Gasteiger partial charge in [0.25, 0.3) is 5.91 Å². The SMILES string of the molecule is CN(C(=O)CN1CCN(CCO)CC1)c1ccc(N/C(=C2\C(=O)Nc3cc(Cl)ccc32)c2ccccc2)cc1. The van der Waals surface area contributed by atoms with Crippen LogP contribution in [-0.2, 0) is 9.59 Å². The van der Waals surface area contributed by atoms with Crippen LogP contribution in [-0.4, -0.2) is 79.6 Å². The van der Waals surface area contributed by atoms with E-state index in [2.05, 4.69) is 20.4 Å². The average molecular weight is 546 g/mol. The molecule has 0 bridgehead atoms. The lowest BCUT2D eigenvalue weighted by Crippen LogP contribution is -2.50. The number of piperazine rings is 1. The molecule has 1 saturated heterocycles. The maximum Gasteiger partial charge on any atom is 0.258 e. The molecule has 39 heavy (non-hydrogen) atoms. The van der Waals surface area contributed by atoms with Crippen LogP contribution in [0.4, 0.5) is 17.1 Å². The summed E-state index contributed by atoms with van der Waals surface area (Å²) in [4.78, 5) is 32.1. The van der Waals surface area contributed by atoms with E-state index in [4.69, 9.17) is 16.7 Å². The zero-order chi connectivity index (χ0) is 27.4. The van der Waals surface area contributed by atoms with Crippen LogP contribution in [0.5, 0.6) is 0 Å². The number of nitrogens with zero attached hydrogens (tertiary/aromatic N) is 3. The van der Waals surface area contributed by atoms with Crippen LogP contribution in [0.25, 0.3) is 11.3 Å². The number of likely N-dealkylation sites (N-methyl/N-ethyl adjacent to an activating group) is 1. The van der Waals surface area contributed by atoms with E-state index >= 15 is 0 Å². The lowest BCUT2D eigenvalue weighted by Gasteiger charge is -2.34. The molecule has 2 heterocycles. The van der Waals surface area contributed by atoms with E-state index in [1.54, 1.807) is 24.1 Å². The predicted molar refractivity (Wildman–Crippen MR) is 157 cm³/mol. The summed E-state index contributed by atoms with van der Waals surface area (Å²) in [5.74, 6) is -0.172. The molecule has 3 aromatic carbocycles. The smallest absolute Gasteiger partial charge is 0.258 e. The van der Waals surface area contributed by atoms with Crippen LogP contribution in [0.1, 0.15) is 11.1 Å². The number of rotatable bonds is 8. The van der Waals surface area contributed by atoms with Gasteiger partial charge in [-0.1, -0.05) is 48.0 Å². The first-order chi connectivity index (χ1) is 18.9. The number of amides is 2. The van der Waals surface area contributed by atoms with Crippen molar-refractivity contribution in [2.24, 2.45) is 0 Å². The van der Waals surface area contributed by atoms with Gasteiger partial charge >= 0.3 is 0 Å². The fraction of sp³-hybridized carbons (Fsp3) is 0.267. The Hall–Kier alpha value is -3.69. The third-order valence-electron chi connectivity index (χ3n) is 7.18. The van der Waals surface area contributed by atoms with Crippen molar-refractivity contribution in [2.75, 3.05) is 68.5 Å². The molecule has 0 unspecified atom stereocenters. The van der Waals surface area contributed by atoms with Gasteiger partial charge in [-0.05, 0) is 42.0 Å². The number of halogens is 1.